The molecule has 4 heteroatoms. The topological polar surface area (TPSA) is 47.0 Å². The van der Waals surface area contributed by atoms with Crippen molar-refractivity contribution in [1.82, 2.24) is 9.97 Å². The standard InChI is InChI=1S/C13H15N3O/c1-9-4-5-11(6-10(9)2)17-13-7-12(14-3)15-8-16-13/h4-8H,1-3H3,(H,14,15,16). The van der Waals surface area contributed by atoms with Crippen LogP contribution in [0.1, 0.15) is 11.1 Å². The van der Waals surface area contributed by atoms with Gasteiger partial charge in [0.05, 0.1) is 0 Å². The highest BCUT2D eigenvalue weighted by Crippen LogP contribution is 2.22. The van der Waals surface area contributed by atoms with Gasteiger partial charge in [-0.15, -0.1) is 0 Å². The van der Waals surface area contributed by atoms with Gasteiger partial charge in [-0.05, 0) is 37.1 Å². The average Bonchev–Trinajstić information content (AvgIpc) is 2.34. The zero-order valence-corrected chi connectivity index (χ0v) is 10.2. The second kappa shape index (κ2) is 4.82. The van der Waals surface area contributed by atoms with Crippen molar-refractivity contribution in [2.45, 2.75) is 13.8 Å². The van der Waals surface area contributed by atoms with Crippen molar-refractivity contribution in [3.05, 3.63) is 41.7 Å². The maximum Gasteiger partial charge on any atom is 0.224 e. The smallest absolute Gasteiger partial charge is 0.224 e. The van der Waals surface area contributed by atoms with E-state index in [1.165, 1.54) is 17.5 Å². The predicted molar refractivity (Wildman–Crippen MR) is 67.6 cm³/mol. The number of ether oxygens (including phenoxy) is 1. The molecule has 0 aliphatic heterocycles. The van der Waals surface area contributed by atoms with Gasteiger partial charge in [0.15, 0.2) is 0 Å². The summed E-state index contributed by atoms with van der Waals surface area (Å²) >= 11 is 0. The Hall–Kier alpha value is -2.10. The molecule has 2 rings (SSSR count). The SMILES string of the molecule is CNc1cc(Oc2ccc(C)c(C)c2)ncn1. The molecule has 0 amide bonds. The summed E-state index contributed by atoms with van der Waals surface area (Å²) in [5.41, 5.74) is 2.45. The van der Waals surface area contributed by atoms with E-state index < -0.39 is 0 Å². The van der Waals surface area contributed by atoms with E-state index in [4.69, 9.17) is 4.74 Å². The lowest BCUT2D eigenvalue weighted by Crippen LogP contribution is -1.95. The second-order valence-electron chi connectivity index (χ2n) is 3.84. The van der Waals surface area contributed by atoms with Crippen LogP contribution in [-0.2, 0) is 0 Å². The molecule has 0 saturated carbocycles. The lowest BCUT2D eigenvalue weighted by Gasteiger charge is -2.07. The number of benzene rings is 1. The molecule has 0 fully saturated rings. The van der Waals surface area contributed by atoms with Crippen molar-refractivity contribution in [2.24, 2.45) is 0 Å². The van der Waals surface area contributed by atoms with Gasteiger partial charge in [-0.1, -0.05) is 6.07 Å². The molecule has 88 valence electrons. The summed E-state index contributed by atoms with van der Waals surface area (Å²) in [5, 5.41) is 2.94. The van der Waals surface area contributed by atoms with Crippen LogP contribution in [0, 0.1) is 13.8 Å². The normalized spacial score (nSPS) is 10.1. The van der Waals surface area contributed by atoms with Crippen LogP contribution in [0.25, 0.3) is 0 Å². The molecule has 0 aliphatic rings. The molecule has 1 heterocycles. The van der Waals surface area contributed by atoms with Gasteiger partial charge in [-0.3, -0.25) is 0 Å². The largest absolute Gasteiger partial charge is 0.439 e. The van der Waals surface area contributed by atoms with Crippen LogP contribution in [-0.4, -0.2) is 17.0 Å². The van der Waals surface area contributed by atoms with E-state index in [-0.39, 0.29) is 0 Å². The molecule has 1 aromatic heterocycles. The number of nitrogens with zero attached hydrogens (tertiary/aromatic N) is 2. The summed E-state index contributed by atoms with van der Waals surface area (Å²) < 4.78 is 5.67. The van der Waals surface area contributed by atoms with E-state index in [2.05, 4.69) is 29.1 Å². The quantitative estimate of drug-likeness (QED) is 0.879. The number of hydrogen-bond donors (Lipinski definition) is 1. The first-order chi connectivity index (χ1) is 8.19. The summed E-state index contributed by atoms with van der Waals surface area (Å²) in [4.78, 5) is 8.09. The Morgan fingerprint density at radius 2 is 1.88 bits per heavy atom. The molecule has 0 atom stereocenters. The molecular weight excluding hydrogens is 214 g/mol. The van der Waals surface area contributed by atoms with Crippen LogP contribution in [0.15, 0.2) is 30.6 Å². The minimum Gasteiger partial charge on any atom is -0.439 e. The summed E-state index contributed by atoms with van der Waals surface area (Å²) in [7, 11) is 1.81. The first-order valence-electron chi connectivity index (χ1n) is 5.44. The number of aromatic nitrogens is 2. The van der Waals surface area contributed by atoms with Gasteiger partial charge in [0.25, 0.3) is 0 Å². The van der Waals surface area contributed by atoms with Gasteiger partial charge in [-0.2, -0.15) is 0 Å². The zero-order chi connectivity index (χ0) is 12.3. The number of rotatable bonds is 3. The van der Waals surface area contributed by atoms with Gasteiger partial charge in [0, 0.05) is 13.1 Å². The fourth-order valence-electron chi connectivity index (χ4n) is 1.43. The molecule has 0 saturated heterocycles. The molecule has 17 heavy (non-hydrogen) atoms. The van der Waals surface area contributed by atoms with Gasteiger partial charge >= 0.3 is 0 Å². The van der Waals surface area contributed by atoms with Gasteiger partial charge in [-0.25, -0.2) is 9.97 Å². The Morgan fingerprint density at radius 3 is 2.59 bits per heavy atom. The Bertz CT molecular complexity index is 526. The molecule has 0 unspecified atom stereocenters. The molecule has 0 bridgehead atoms. The van der Waals surface area contributed by atoms with E-state index >= 15 is 0 Å². The lowest BCUT2D eigenvalue weighted by molar-refractivity contribution is 0.461. The minimum atomic E-state index is 0.535. The fraction of sp³-hybridized carbons (Fsp3) is 0.231. The third-order valence-electron chi connectivity index (χ3n) is 2.60. The second-order valence-corrected chi connectivity index (χ2v) is 3.84. The van der Waals surface area contributed by atoms with Crippen LogP contribution in [0.2, 0.25) is 0 Å². The summed E-state index contributed by atoms with van der Waals surface area (Å²) in [6.07, 6.45) is 1.47. The van der Waals surface area contributed by atoms with Crippen LogP contribution >= 0.6 is 0 Å². The number of anilines is 1. The molecule has 2 aromatic rings. The molecular formula is C13H15N3O. The fourth-order valence-corrected chi connectivity index (χ4v) is 1.43. The van der Waals surface area contributed by atoms with Crippen molar-refractivity contribution in [2.75, 3.05) is 12.4 Å². The number of nitrogens with one attached hydrogen (secondary N) is 1. The van der Waals surface area contributed by atoms with Gasteiger partial charge in [0.1, 0.15) is 17.9 Å². The highest BCUT2D eigenvalue weighted by atomic mass is 16.5. The molecule has 0 aliphatic carbocycles. The van der Waals surface area contributed by atoms with Crippen LogP contribution < -0.4 is 10.1 Å². The molecule has 4 nitrogen and oxygen atoms in total. The maximum atomic E-state index is 5.67. The molecule has 0 spiro atoms. The maximum absolute atomic E-state index is 5.67. The first kappa shape index (κ1) is 11.4. The van der Waals surface area contributed by atoms with Crippen LogP contribution in [0.4, 0.5) is 5.82 Å². The Labute approximate surface area is 101 Å². The Balaban J connectivity index is 2.22. The van der Waals surface area contributed by atoms with Crippen molar-refractivity contribution >= 4 is 5.82 Å². The average molecular weight is 229 g/mol. The van der Waals surface area contributed by atoms with Crippen LogP contribution in [0.5, 0.6) is 11.6 Å². The number of aryl methyl sites for hydroxylation is 2. The first-order valence-corrected chi connectivity index (χ1v) is 5.44. The highest BCUT2D eigenvalue weighted by molar-refractivity contribution is 5.39. The highest BCUT2D eigenvalue weighted by Gasteiger charge is 2.02. The predicted octanol–water partition coefficient (Wildman–Crippen LogP) is 2.93. The van der Waals surface area contributed by atoms with Gasteiger partial charge in [0.2, 0.25) is 5.88 Å². The van der Waals surface area contributed by atoms with Crippen molar-refractivity contribution in [3.63, 3.8) is 0 Å². The molecule has 0 radical (unpaired) electrons. The van der Waals surface area contributed by atoms with E-state index in [1.807, 2.05) is 25.2 Å². The van der Waals surface area contributed by atoms with E-state index in [0.717, 1.165) is 11.6 Å². The Kier molecular flexibility index (Phi) is 3.23. The van der Waals surface area contributed by atoms with E-state index in [0.29, 0.717) is 5.88 Å². The zero-order valence-electron chi connectivity index (χ0n) is 10.2. The molecule has 1 aromatic carbocycles. The monoisotopic (exact) mass is 229 g/mol. The van der Waals surface area contributed by atoms with Crippen molar-refractivity contribution in [1.29, 1.82) is 0 Å². The third kappa shape index (κ3) is 2.72. The molecule has 1 N–H and O–H groups in total. The lowest BCUT2D eigenvalue weighted by atomic mass is 10.1. The van der Waals surface area contributed by atoms with Crippen molar-refractivity contribution in [3.8, 4) is 11.6 Å². The van der Waals surface area contributed by atoms with E-state index in [1.54, 1.807) is 6.07 Å². The summed E-state index contributed by atoms with van der Waals surface area (Å²) in [6.45, 7) is 4.13. The summed E-state index contributed by atoms with van der Waals surface area (Å²) in [6, 6.07) is 7.72. The third-order valence-corrected chi connectivity index (χ3v) is 2.60. The van der Waals surface area contributed by atoms with E-state index in [9.17, 15) is 0 Å². The van der Waals surface area contributed by atoms with Crippen LogP contribution in [0.3, 0.4) is 0 Å². The van der Waals surface area contributed by atoms with Gasteiger partial charge < -0.3 is 10.1 Å². The minimum absolute atomic E-state index is 0.535. The van der Waals surface area contributed by atoms with Crippen molar-refractivity contribution < 1.29 is 4.74 Å². The summed E-state index contributed by atoms with van der Waals surface area (Å²) in [5.74, 6) is 2.06. The number of hydrogen-bond acceptors (Lipinski definition) is 4. The Morgan fingerprint density at radius 1 is 1.06 bits per heavy atom.